The first kappa shape index (κ1) is 9.18. The van der Waals surface area contributed by atoms with Crippen molar-refractivity contribution in [1.82, 2.24) is 5.48 Å². The summed E-state index contributed by atoms with van der Waals surface area (Å²) < 4.78 is 0. The van der Waals surface area contributed by atoms with E-state index < -0.39 is 0 Å². The fourth-order valence-corrected chi connectivity index (χ4v) is 1.80. The molecule has 14 heavy (non-hydrogen) atoms. The molecular formula is C10H12N2O2. The summed E-state index contributed by atoms with van der Waals surface area (Å²) in [6.45, 7) is 1.77. The van der Waals surface area contributed by atoms with Crippen LogP contribution in [0.5, 0.6) is 0 Å². The molecule has 0 fully saturated rings. The van der Waals surface area contributed by atoms with E-state index in [0.29, 0.717) is 0 Å². The predicted octanol–water partition coefficient (Wildman–Crippen LogP) is 1.09. The number of rotatable bonds is 2. The number of hydrogen-bond donors (Lipinski definition) is 3. The molecule has 74 valence electrons. The Morgan fingerprint density at radius 1 is 1.50 bits per heavy atom. The second-order valence-electron chi connectivity index (χ2n) is 3.47. The van der Waals surface area contributed by atoms with Crippen molar-refractivity contribution >= 4 is 11.6 Å². The van der Waals surface area contributed by atoms with Crippen LogP contribution in [0.25, 0.3) is 0 Å². The van der Waals surface area contributed by atoms with Crippen LogP contribution < -0.4 is 10.8 Å². The molecule has 1 amide bonds. The molecule has 4 nitrogen and oxygen atoms in total. The Bertz CT molecular complexity index is 365. The first-order valence-electron chi connectivity index (χ1n) is 4.53. The van der Waals surface area contributed by atoms with Gasteiger partial charge in [-0.1, -0.05) is 18.2 Å². The number of hydrogen-bond acceptors (Lipinski definition) is 3. The molecule has 1 heterocycles. The molecule has 2 atom stereocenters. The van der Waals surface area contributed by atoms with Gasteiger partial charge in [0.2, 0.25) is 5.91 Å². The lowest BCUT2D eigenvalue weighted by molar-refractivity contribution is -0.118. The zero-order valence-electron chi connectivity index (χ0n) is 7.82. The molecule has 1 aromatic carbocycles. The summed E-state index contributed by atoms with van der Waals surface area (Å²) in [6, 6.07) is 7.23. The molecule has 0 saturated carbocycles. The highest BCUT2D eigenvalue weighted by Gasteiger charge is 2.34. The van der Waals surface area contributed by atoms with Gasteiger partial charge in [0.1, 0.15) is 0 Å². The van der Waals surface area contributed by atoms with Crippen LogP contribution in [-0.2, 0) is 4.79 Å². The van der Waals surface area contributed by atoms with Crippen molar-refractivity contribution < 1.29 is 10.0 Å². The van der Waals surface area contributed by atoms with Crippen molar-refractivity contribution in [3.63, 3.8) is 0 Å². The number of carbonyl (C=O) groups excluding carboxylic acids is 1. The molecule has 1 aliphatic rings. The maximum Gasteiger partial charge on any atom is 0.233 e. The Morgan fingerprint density at radius 2 is 2.21 bits per heavy atom. The van der Waals surface area contributed by atoms with Gasteiger partial charge in [0.05, 0.1) is 5.92 Å². The van der Waals surface area contributed by atoms with E-state index in [1.54, 1.807) is 6.92 Å². The van der Waals surface area contributed by atoms with E-state index in [0.717, 1.165) is 11.3 Å². The normalized spacial score (nSPS) is 21.6. The summed E-state index contributed by atoms with van der Waals surface area (Å²) in [6.07, 6.45) is 0. The summed E-state index contributed by atoms with van der Waals surface area (Å²) in [5.74, 6) is -0.378. The molecule has 0 spiro atoms. The van der Waals surface area contributed by atoms with Crippen LogP contribution in [-0.4, -0.2) is 17.2 Å². The average molecular weight is 192 g/mol. The van der Waals surface area contributed by atoms with Crippen molar-refractivity contribution in [2.45, 2.75) is 18.9 Å². The minimum absolute atomic E-state index is 0.0692. The van der Waals surface area contributed by atoms with Gasteiger partial charge in [-0.2, -0.15) is 0 Å². The van der Waals surface area contributed by atoms with Crippen LogP contribution >= 0.6 is 0 Å². The van der Waals surface area contributed by atoms with Crippen molar-refractivity contribution in [3.05, 3.63) is 29.8 Å². The SMILES string of the molecule is CC(NO)C1C(=O)Nc2ccccc21. The predicted molar refractivity (Wildman–Crippen MR) is 52.2 cm³/mol. The highest BCUT2D eigenvalue weighted by atomic mass is 16.5. The number of carbonyl (C=O) groups is 1. The first-order chi connectivity index (χ1) is 6.74. The van der Waals surface area contributed by atoms with Gasteiger partial charge >= 0.3 is 0 Å². The molecule has 2 unspecified atom stereocenters. The van der Waals surface area contributed by atoms with Crippen molar-refractivity contribution in [1.29, 1.82) is 0 Å². The monoisotopic (exact) mass is 192 g/mol. The lowest BCUT2D eigenvalue weighted by atomic mass is 9.94. The Balaban J connectivity index is 2.39. The van der Waals surface area contributed by atoms with E-state index in [-0.39, 0.29) is 17.9 Å². The van der Waals surface area contributed by atoms with Crippen molar-refractivity contribution in [2.75, 3.05) is 5.32 Å². The Labute approximate surface area is 81.9 Å². The zero-order chi connectivity index (χ0) is 10.1. The minimum atomic E-state index is -0.309. The third-order valence-electron chi connectivity index (χ3n) is 2.54. The molecule has 1 aliphatic heterocycles. The van der Waals surface area contributed by atoms with Crippen LogP contribution in [0, 0.1) is 0 Å². The first-order valence-corrected chi connectivity index (χ1v) is 4.53. The van der Waals surface area contributed by atoms with E-state index in [9.17, 15) is 4.79 Å². The zero-order valence-corrected chi connectivity index (χ0v) is 7.82. The largest absolute Gasteiger partial charge is 0.325 e. The molecule has 0 radical (unpaired) electrons. The summed E-state index contributed by atoms with van der Waals surface area (Å²) >= 11 is 0. The smallest absolute Gasteiger partial charge is 0.233 e. The summed E-state index contributed by atoms with van der Waals surface area (Å²) in [7, 11) is 0. The molecular weight excluding hydrogens is 180 g/mol. The highest BCUT2D eigenvalue weighted by molar-refractivity contribution is 6.03. The minimum Gasteiger partial charge on any atom is -0.325 e. The lowest BCUT2D eigenvalue weighted by Crippen LogP contribution is -2.33. The second kappa shape index (κ2) is 3.40. The van der Waals surface area contributed by atoms with Gasteiger partial charge in [0.25, 0.3) is 0 Å². The number of fused-ring (bicyclic) bond motifs is 1. The Hall–Kier alpha value is -1.39. The highest BCUT2D eigenvalue weighted by Crippen LogP contribution is 2.33. The third kappa shape index (κ3) is 1.29. The quantitative estimate of drug-likeness (QED) is 0.615. The van der Waals surface area contributed by atoms with Gasteiger partial charge in [-0.3, -0.25) is 4.79 Å². The number of anilines is 1. The van der Waals surface area contributed by atoms with Gasteiger partial charge in [-0.05, 0) is 18.6 Å². The number of para-hydroxylation sites is 1. The molecule has 1 aromatic rings. The standard InChI is InChI=1S/C10H12N2O2/c1-6(12-14)9-7-4-2-3-5-8(7)11-10(9)13/h2-6,9,12,14H,1H3,(H,11,13). The maximum absolute atomic E-state index is 11.6. The lowest BCUT2D eigenvalue weighted by Gasteiger charge is -2.15. The maximum atomic E-state index is 11.6. The van der Waals surface area contributed by atoms with Gasteiger partial charge < -0.3 is 10.5 Å². The Kier molecular flexibility index (Phi) is 2.23. The van der Waals surface area contributed by atoms with Crippen molar-refractivity contribution in [2.24, 2.45) is 0 Å². The van der Waals surface area contributed by atoms with Crippen LogP contribution in [0.1, 0.15) is 18.4 Å². The van der Waals surface area contributed by atoms with Gasteiger partial charge in [-0.25, -0.2) is 5.48 Å². The molecule has 2 rings (SSSR count). The fourth-order valence-electron chi connectivity index (χ4n) is 1.80. The average Bonchev–Trinajstić information content (AvgIpc) is 2.53. The molecule has 0 bridgehead atoms. The van der Waals surface area contributed by atoms with Crippen molar-refractivity contribution in [3.8, 4) is 0 Å². The van der Waals surface area contributed by atoms with E-state index in [2.05, 4.69) is 10.8 Å². The van der Waals surface area contributed by atoms with Gasteiger partial charge in [-0.15, -0.1) is 0 Å². The van der Waals surface area contributed by atoms with E-state index in [1.165, 1.54) is 0 Å². The Morgan fingerprint density at radius 3 is 2.93 bits per heavy atom. The van der Waals surface area contributed by atoms with E-state index in [1.807, 2.05) is 24.3 Å². The van der Waals surface area contributed by atoms with Crippen LogP contribution in [0.4, 0.5) is 5.69 Å². The summed E-state index contributed by atoms with van der Waals surface area (Å²) in [5, 5.41) is 11.6. The van der Waals surface area contributed by atoms with E-state index in [4.69, 9.17) is 5.21 Å². The van der Waals surface area contributed by atoms with Gasteiger partial charge in [0, 0.05) is 11.7 Å². The van der Waals surface area contributed by atoms with Crippen LogP contribution in [0.2, 0.25) is 0 Å². The number of nitrogens with one attached hydrogen (secondary N) is 2. The summed E-state index contributed by atoms with van der Waals surface area (Å²) in [5.41, 5.74) is 3.89. The molecule has 4 heteroatoms. The van der Waals surface area contributed by atoms with Gasteiger partial charge in [0.15, 0.2) is 0 Å². The molecule has 3 N–H and O–H groups in total. The number of hydroxylamine groups is 1. The number of benzene rings is 1. The third-order valence-corrected chi connectivity index (χ3v) is 2.54. The fraction of sp³-hybridized carbons (Fsp3) is 0.300. The van der Waals surface area contributed by atoms with Crippen LogP contribution in [0.3, 0.4) is 0 Å². The number of amides is 1. The molecule has 0 aromatic heterocycles. The molecule has 0 aliphatic carbocycles. The van der Waals surface area contributed by atoms with Crippen LogP contribution in [0.15, 0.2) is 24.3 Å². The molecule has 0 saturated heterocycles. The second-order valence-corrected chi connectivity index (χ2v) is 3.47. The topological polar surface area (TPSA) is 61.4 Å². The van der Waals surface area contributed by atoms with E-state index >= 15 is 0 Å². The summed E-state index contributed by atoms with van der Waals surface area (Å²) in [4.78, 5) is 11.6.